The van der Waals surface area contributed by atoms with Crippen LogP contribution in [0.4, 0.5) is 28.4 Å². The van der Waals surface area contributed by atoms with Gasteiger partial charge in [-0.25, -0.2) is 18.0 Å². The van der Waals surface area contributed by atoms with Gasteiger partial charge < -0.3 is 25.0 Å². The van der Waals surface area contributed by atoms with Gasteiger partial charge in [0.2, 0.25) is 27.4 Å². The smallest absolute Gasteiger partial charge is 0.427 e. The number of nitrogens with one attached hydrogen (secondary N) is 4. The first-order valence-corrected chi connectivity index (χ1v) is 20.8. The summed E-state index contributed by atoms with van der Waals surface area (Å²) in [6, 6.07) is 0.485. The molecule has 4 aliphatic rings. The lowest BCUT2D eigenvalue weighted by molar-refractivity contribution is -0.244. The molecule has 57 heavy (non-hydrogen) atoms. The number of sulfonamides is 1. The zero-order valence-electron chi connectivity index (χ0n) is 33.0. The molecule has 1 saturated heterocycles. The second-order valence-corrected chi connectivity index (χ2v) is 19.4. The second kappa shape index (κ2) is 15.9. The average Bonchev–Trinajstić information content (AvgIpc) is 3.96. The van der Waals surface area contributed by atoms with Crippen molar-refractivity contribution in [2.24, 2.45) is 17.8 Å². The Hall–Kier alpha value is -4.06. The molecule has 0 aromatic heterocycles. The van der Waals surface area contributed by atoms with Gasteiger partial charge in [-0.15, -0.1) is 0 Å². The van der Waals surface area contributed by atoms with Gasteiger partial charge >= 0.3 is 18.4 Å². The zero-order chi connectivity index (χ0) is 42.5. The SMILES string of the molecule is Cc1cc(C)c(NC(=O)O[C@@H]2C[C@H]3C(=O)N[C@]4(C(=O)NS(=O)(=O)C5(C)CC5)CC4/C=C\CC[C@@H](C)C[C@@H](C)[C@H](NC(=O)OC(C)(C)C(F)(F)F)C(=O)N3C2)c(Cl)c1. The number of allylic oxidation sites excluding steroid dienone is 1. The Morgan fingerprint density at radius 3 is 2.33 bits per heavy atom. The maximum Gasteiger partial charge on any atom is 0.427 e. The second-order valence-electron chi connectivity index (χ2n) is 16.8. The zero-order valence-corrected chi connectivity index (χ0v) is 34.5. The molecule has 1 unspecified atom stereocenters. The topological polar surface area (TPSA) is 189 Å². The normalized spacial score (nSPS) is 29.6. The number of benzene rings is 1. The number of halogens is 4. The first kappa shape index (κ1) is 44.1. The molecule has 19 heteroatoms. The van der Waals surface area contributed by atoms with Gasteiger partial charge in [0.15, 0.2) is 0 Å². The van der Waals surface area contributed by atoms with Crippen LogP contribution in [-0.2, 0) is 33.9 Å². The van der Waals surface area contributed by atoms with Crippen LogP contribution in [0.3, 0.4) is 0 Å². The van der Waals surface area contributed by atoms with E-state index in [4.69, 9.17) is 21.1 Å². The number of carbonyl (C=O) groups is 5. The number of rotatable bonds is 7. The van der Waals surface area contributed by atoms with Crippen LogP contribution in [0.25, 0.3) is 0 Å². The highest BCUT2D eigenvalue weighted by Gasteiger charge is 2.63. The summed E-state index contributed by atoms with van der Waals surface area (Å²) in [4.78, 5) is 70.1. The number of ether oxygens (including phenoxy) is 2. The summed E-state index contributed by atoms with van der Waals surface area (Å²) < 4.78 is 78.7. The Morgan fingerprint density at radius 2 is 1.72 bits per heavy atom. The number of carbonyl (C=O) groups excluding carboxylic acids is 5. The van der Waals surface area contributed by atoms with Crippen molar-refractivity contribution in [2.75, 3.05) is 11.9 Å². The monoisotopic (exact) mass is 845 g/mol. The summed E-state index contributed by atoms with van der Waals surface area (Å²) in [6.07, 6.45) is -3.06. The van der Waals surface area contributed by atoms with Crippen molar-refractivity contribution in [3.8, 4) is 0 Å². The van der Waals surface area contributed by atoms with E-state index in [1.165, 1.54) is 6.92 Å². The highest BCUT2D eigenvalue weighted by Crippen LogP contribution is 2.47. The first-order valence-electron chi connectivity index (χ1n) is 19.0. The number of fused-ring (bicyclic) bond motifs is 2. The van der Waals surface area contributed by atoms with E-state index in [0.717, 1.165) is 10.5 Å². The largest absolute Gasteiger partial charge is 0.444 e. The van der Waals surface area contributed by atoms with Crippen LogP contribution in [0.1, 0.15) is 90.7 Å². The van der Waals surface area contributed by atoms with Crippen molar-refractivity contribution in [3.63, 3.8) is 0 Å². The lowest BCUT2D eigenvalue weighted by Crippen LogP contribution is -2.59. The van der Waals surface area contributed by atoms with E-state index in [2.05, 4.69) is 20.7 Å². The quantitative estimate of drug-likeness (QED) is 0.246. The van der Waals surface area contributed by atoms with Gasteiger partial charge in [-0.2, -0.15) is 13.2 Å². The van der Waals surface area contributed by atoms with Crippen LogP contribution in [0.5, 0.6) is 0 Å². The molecule has 14 nitrogen and oxygen atoms in total. The highest BCUT2D eigenvalue weighted by atomic mass is 35.5. The number of anilines is 1. The Kier molecular flexibility index (Phi) is 12.3. The molecule has 1 aromatic rings. The summed E-state index contributed by atoms with van der Waals surface area (Å²) in [5, 5.41) is 7.86. The van der Waals surface area contributed by atoms with Crippen LogP contribution >= 0.6 is 11.6 Å². The van der Waals surface area contributed by atoms with Gasteiger partial charge in [0.25, 0.3) is 5.91 Å². The fraction of sp³-hybridized carbons (Fsp3) is 0.658. The van der Waals surface area contributed by atoms with Crippen LogP contribution in [0, 0.1) is 31.6 Å². The predicted molar refractivity (Wildman–Crippen MR) is 203 cm³/mol. The number of aryl methyl sites for hydroxylation is 2. The minimum Gasteiger partial charge on any atom is -0.444 e. The van der Waals surface area contributed by atoms with Gasteiger partial charge in [-0.3, -0.25) is 24.4 Å². The number of hydrogen-bond donors (Lipinski definition) is 4. The fourth-order valence-corrected chi connectivity index (χ4v) is 9.08. The molecule has 2 saturated carbocycles. The van der Waals surface area contributed by atoms with Crippen molar-refractivity contribution in [3.05, 3.63) is 40.4 Å². The van der Waals surface area contributed by atoms with Crippen molar-refractivity contribution in [1.82, 2.24) is 20.3 Å². The molecule has 0 radical (unpaired) electrons. The maximum absolute atomic E-state index is 14.6. The van der Waals surface area contributed by atoms with Crippen molar-refractivity contribution < 1.29 is 55.0 Å². The Morgan fingerprint density at radius 1 is 1.05 bits per heavy atom. The molecular weight excluding hydrogens is 795 g/mol. The number of hydrogen-bond acceptors (Lipinski definition) is 9. The summed E-state index contributed by atoms with van der Waals surface area (Å²) in [5.74, 6) is -4.03. The molecule has 3 fully saturated rings. The summed E-state index contributed by atoms with van der Waals surface area (Å²) in [5.41, 5.74) is -2.85. The third-order valence-corrected chi connectivity index (χ3v) is 13.9. The lowest BCUT2D eigenvalue weighted by Gasteiger charge is -2.34. The molecule has 5 amide bonds. The van der Waals surface area contributed by atoms with E-state index in [9.17, 15) is 45.6 Å². The number of alkyl carbamates (subject to hydrolysis) is 1. The summed E-state index contributed by atoms with van der Waals surface area (Å²) in [6.45, 7) is 9.54. The van der Waals surface area contributed by atoms with Crippen molar-refractivity contribution >= 4 is 57.2 Å². The highest BCUT2D eigenvalue weighted by molar-refractivity contribution is 7.91. The van der Waals surface area contributed by atoms with E-state index >= 15 is 0 Å². The predicted octanol–water partition coefficient (Wildman–Crippen LogP) is 5.80. The van der Waals surface area contributed by atoms with Gasteiger partial charge in [0.05, 0.1) is 22.0 Å². The fourth-order valence-electron chi connectivity index (χ4n) is 7.40. The first-order chi connectivity index (χ1) is 26.3. The minimum atomic E-state index is -4.94. The van der Waals surface area contributed by atoms with Crippen molar-refractivity contribution in [2.45, 2.75) is 134 Å². The van der Waals surface area contributed by atoms with Gasteiger partial charge in [0.1, 0.15) is 23.7 Å². The minimum absolute atomic E-state index is 0.0601. The van der Waals surface area contributed by atoms with Crippen molar-refractivity contribution in [1.29, 1.82) is 0 Å². The third kappa shape index (κ3) is 9.64. The van der Waals surface area contributed by atoms with E-state index in [1.807, 2.05) is 19.9 Å². The molecule has 7 atom stereocenters. The van der Waals surface area contributed by atoms with E-state index in [0.29, 0.717) is 51.5 Å². The van der Waals surface area contributed by atoms with E-state index in [-0.39, 0.29) is 36.0 Å². The van der Waals surface area contributed by atoms with Crippen LogP contribution in [0.15, 0.2) is 24.3 Å². The molecule has 2 aliphatic heterocycles. The number of nitrogens with zero attached hydrogens (tertiary/aromatic N) is 1. The van der Waals surface area contributed by atoms with Gasteiger partial charge in [-0.05, 0) is 102 Å². The third-order valence-electron chi connectivity index (χ3n) is 11.5. The number of amides is 5. The molecule has 5 rings (SSSR count). The lowest BCUT2D eigenvalue weighted by atomic mass is 9.88. The average molecular weight is 846 g/mol. The molecule has 0 bridgehead atoms. The molecule has 2 heterocycles. The summed E-state index contributed by atoms with van der Waals surface area (Å²) >= 11 is 6.37. The summed E-state index contributed by atoms with van der Waals surface area (Å²) in [7, 11) is -4.10. The van der Waals surface area contributed by atoms with Gasteiger partial charge in [0, 0.05) is 12.3 Å². The standard InChI is InChI=1S/C38H51ClF3N5O9S/c1-20-10-8-9-11-24-18-37(24,32(50)46-57(53,54)36(7)12-13-36)45-30(48)27-17-25(55-33(51)43-28-22(3)15-21(2)16-26(28)39)19-47(27)31(49)29(23(4)14-20)44-34(52)56-35(5,6)38(40,41)42/h9,11,15-16,20,23-25,27,29H,8,10,12-14,17-19H2,1-7H3,(H,43,51)(H,44,52)(H,45,48)(H,46,50)/b11-9-/t20-,23-,24?,25-,27+,29+,37-/m1/s1. The molecular formula is C38H51ClF3N5O9S. The Balaban J connectivity index is 1.47. The molecule has 4 N–H and O–H groups in total. The maximum atomic E-state index is 14.6. The Bertz CT molecular complexity index is 1920. The number of alkyl halides is 3. The van der Waals surface area contributed by atoms with E-state index in [1.54, 1.807) is 32.1 Å². The van der Waals surface area contributed by atoms with E-state index < -0.39 is 92.0 Å². The Labute approximate surface area is 335 Å². The van der Waals surface area contributed by atoms with Crippen LogP contribution in [-0.4, -0.2) is 90.0 Å². The molecule has 0 spiro atoms. The van der Waals surface area contributed by atoms with Crippen LogP contribution in [0.2, 0.25) is 5.02 Å². The molecule has 316 valence electrons. The molecule has 1 aromatic carbocycles. The van der Waals surface area contributed by atoms with Gasteiger partial charge in [-0.1, -0.05) is 43.7 Å². The molecule has 2 aliphatic carbocycles. The van der Waals surface area contributed by atoms with Crippen LogP contribution < -0.4 is 20.7 Å².